The smallest absolute Gasteiger partial charge is 0.131 e. The molecule has 0 N–H and O–H groups in total. The van der Waals surface area contributed by atoms with Gasteiger partial charge < -0.3 is 4.57 Å². The van der Waals surface area contributed by atoms with Gasteiger partial charge in [0.15, 0.2) is 0 Å². The van der Waals surface area contributed by atoms with E-state index in [2.05, 4.69) is 21.8 Å². The number of rotatable bonds is 2. The van der Waals surface area contributed by atoms with E-state index in [1.54, 1.807) is 4.68 Å². The van der Waals surface area contributed by atoms with Gasteiger partial charge in [0.2, 0.25) is 0 Å². The zero-order chi connectivity index (χ0) is 13.6. The summed E-state index contributed by atoms with van der Waals surface area (Å²) < 4.78 is 3.80. The average molecular weight is 294 g/mol. The van der Waals surface area contributed by atoms with Gasteiger partial charge >= 0.3 is 0 Å². The largest absolute Gasteiger partial charge is 0.342 e. The van der Waals surface area contributed by atoms with Crippen molar-refractivity contribution in [2.45, 2.75) is 13.5 Å². The molecular weight excluding hydrogens is 281 g/mol. The first-order chi connectivity index (χ1) is 9.08. The lowest BCUT2D eigenvalue weighted by molar-refractivity contribution is 0.757. The fraction of sp³-hybridized carbons (Fsp3) is 0.214. The molecule has 0 aliphatic rings. The van der Waals surface area contributed by atoms with Crippen molar-refractivity contribution in [3.63, 3.8) is 0 Å². The Morgan fingerprint density at radius 1 is 1.21 bits per heavy atom. The van der Waals surface area contributed by atoms with Crippen LogP contribution in [0, 0.1) is 6.92 Å². The number of halogens is 2. The van der Waals surface area contributed by atoms with Crippen LogP contribution in [-0.4, -0.2) is 14.3 Å². The molecule has 0 aliphatic carbocycles. The minimum Gasteiger partial charge on any atom is -0.342 e. The Bertz CT molecular complexity index is 755. The van der Waals surface area contributed by atoms with Gasteiger partial charge in [0, 0.05) is 24.2 Å². The van der Waals surface area contributed by atoms with Crippen molar-refractivity contribution in [2.24, 2.45) is 7.05 Å². The molecule has 0 bridgehead atoms. The van der Waals surface area contributed by atoms with Crippen LogP contribution in [0.5, 0.6) is 0 Å². The molecule has 3 rings (SSSR count). The Balaban J connectivity index is 2.11. The van der Waals surface area contributed by atoms with Crippen molar-refractivity contribution in [2.75, 3.05) is 0 Å². The van der Waals surface area contributed by atoms with Crippen LogP contribution in [0.25, 0.3) is 10.9 Å². The Labute approximate surface area is 121 Å². The Morgan fingerprint density at radius 3 is 2.68 bits per heavy atom. The zero-order valence-corrected chi connectivity index (χ0v) is 12.2. The number of hydrogen-bond donors (Lipinski definition) is 0. The first-order valence-corrected chi connectivity index (χ1v) is 6.75. The molecule has 5 heteroatoms. The number of nitrogens with zero attached hydrogens (tertiary/aromatic N) is 3. The number of hydrogen-bond acceptors (Lipinski definition) is 1. The van der Waals surface area contributed by atoms with Gasteiger partial charge in [0.05, 0.1) is 22.8 Å². The molecule has 0 atom stereocenters. The van der Waals surface area contributed by atoms with Crippen molar-refractivity contribution in [1.82, 2.24) is 14.3 Å². The van der Waals surface area contributed by atoms with E-state index < -0.39 is 0 Å². The third-order valence-corrected chi connectivity index (χ3v) is 4.12. The summed E-state index contributed by atoms with van der Waals surface area (Å²) in [4.78, 5) is 0. The molecule has 19 heavy (non-hydrogen) atoms. The van der Waals surface area contributed by atoms with Crippen LogP contribution in [-0.2, 0) is 13.6 Å². The van der Waals surface area contributed by atoms with Crippen molar-refractivity contribution >= 4 is 34.1 Å². The van der Waals surface area contributed by atoms with Gasteiger partial charge in [-0.15, -0.1) is 0 Å². The highest BCUT2D eigenvalue weighted by atomic mass is 35.5. The molecule has 0 saturated carbocycles. The highest BCUT2D eigenvalue weighted by Gasteiger charge is 2.13. The summed E-state index contributed by atoms with van der Waals surface area (Å²) in [6, 6.07) is 7.96. The maximum atomic E-state index is 6.28. The van der Waals surface area contributed by atoms with E-state index in [-0.39, 0.29) is 0 Å². The van der Waals surface area contributed by atoms with Crippen molar-refractivity contribution in [3.8, 4) is 0 Å². The molecule has 2 heterocycles. The summed E-state index contributed by atoms with van der Waals surface area (Å²) in [6.07, 6.45) is 2.03. The second-order valence-electron chi connectivity index (χ2n) is 4.60. The number of aromatic nitrogens is 3. The van der Waals surface area contributed by atoms with E-state index in [0.29, 0.717) is 11.7 Å². The summed E-state index contributed by atoms with van der Waals surface area (Å²) in [6.45, 7) is 2.64. The molecule has 0 aliphatic heterocycles. The van der Waals surface area contributed by atoms with Crippen LogP contribution in [0.2, 0.25) is 10.2 Å². The first-order valence-electron chi connectivity index (χ1n) is 5.99. The lowest BCUT2D eigenvalue weighted by Gasteiger charge is -2.06. The number of benzene rings is 1. The second-order valence-corrected chi connectivity index (χ2v) is 5.36. The van der Waals surface area contributed by atoms with Crippen LogP contribution in [0.15, 0.2) is 30.5 Å². The predicted octanol–water partition coefficient (Wildman–Crippen LogP) is 4.04. The van der Waals surface area contributed by atoms with E-state index in [9.17, 15) is 0 Å². The summed E-state index contributed by atoms with van der Waals surface area (Å²) in [7, 11) is 1.85. The summed E-state index contributed by atoms with van der Waals surface area (Å²) in [5.41, 5.74) is 3.01. The van der Waals surface area contributed by atoms with Gasteiger partial charge in [-0.25, -0.2) is 0 Å². The molecule has 0 fully saturated rings. The predicted molar refractivity (Wildman–Crippen MR) is 79.0 cm³/mol. The van der Waals surface area contributed by atoms with E-state index in [1.165, 1.54) is 0 Å². The zero-order valence-electron chi connectivity index (χ0n) is 10.7. The van der Waals surface area contributed by atoms with Crippen molar-refractivity contribution < 1.29 is 0 Å². The molecule has 2 aromatic heterocycles. The van der Waals surface area contributed by atoms with Gasteiger partial charge in [-0.05, 0) is 19.1 Å². The minimum absolute atomic E-state index is 0.672. The lowest BCUT2D eigenvalue weighted by Crippen LogP contribution is -1.99. The van der Waals surface area contributed by atoms with Gasteiger partial charge in [-0.3, -0.25) is 4.68 Å². The molecule has 0 saturated heterocycles. The van der Waals surface area contributed by atoms with E-state index in [1.807, 2.05) is 32.3 Å². The molecular formula is C14H13Cl2N3. The fourth-order valence-corrected chi connectivity index (χ4v) is 2.89. The number of para-hydroxylation sites is 1. The molecule has 3 aromatic rings. The van der Waals surface area contributed by atoms with Crippen molar-refractivity contribution in [3.05, 3.63) is 51.9 Å². The van der Waals surface area contributed by atoms with Crippen LogP contribution >= 0.6 is 23.2 Å². The third-order valence-electron chi connectivity index (χ3n) is 3.34. The quantitative estimate of drug-likeness (QED) is 0.699. The van der Waals surface area contributed by atoms with Gasteiger partial charge in [-0.1, -0.05) is 35.3 Å². The van der Waals surface area contributed by atoms with E-state index in [0.717, 1.165) is 27.2 Å². The monoisotopic (exact) mass is 293 g/mol. The second kappa shape index (κ2) is 4.58. The third kappa shape index (κ3) is 2.03. The molecule has 0 amide bonds. The highest BCUT2D eigenvalue weighted by molar-refractivity contribution is 6.35. The van der Waals surface area contributed by atoms with Crippen LogP contribution in [0.3, 0.4) is 0 Å². The molecule has 1 aromatic carbocycles. The molecule has 0 radical (unpaired) electrons. The molecule has 0 unspecified atom stereocenters. The van der Waals surface area contributed by atoms with Crippen LogP contribution in [0.4, 0.5) is 0 Å². The Morgan fingerprint density at radius 2 is 2.00 bits per heavy atom. The summed E-state index contributed by atoms with van der Waals surface area (Å²) >= 11 is 12.6. The number of aryl methyl sites for hydroxylation is 2. The molecule has 98 valence electrons. The SMILES string of the molecule is Cc1nn(C)c(Cl)c1Cn1ccc2cccc(Cl)c21. The van der Waals surface area contributed by atoms with E-state index in [4.69, 9.17) is 23.2 Å². The van der Waals surface area contributed by atoms with Gasteiger partial charge in [0.25, 0.3) is 0 Å². The fourth-order valence-electron chi connectivity index (χ4n) is 2.37. The number of fused-ring (bicyclic) bond motifs is 1. The average Bonchev–Trinajstić information content (AvgIpc) is 2.88. The van der Waals surface area contributed by atoms with Crippen molar-refractivity contribution in [1.29, 1.82) is 0 Å². The van der Waals surface area contributed by atoms with Gasteiger partial charge in [-0.2, -0.15) is 5.10 Å². The minimum atomic E-state index is 0.672. The Hall–Kier alpha value is -1.45. The van der Waals surface area contributed by atoms with Crippen LogP contribution in [0.1, 0.15) is 11.3 Å². The Kier molecular flexibility index (Phi) is 3.03. The molecule has 3 nitrogen and oxygen atoms in total. The van der Waals surface area contributed by atoms with Crippen LogP contribution < -0.4 is 0 Å². The normalized spacial score (nSPS) is 11.4. The first kappa shape index (κ1) is 12.6. The van der Waals surface area contributed by atoms with Gasteiger partial charge in [0.1, 0.15) is 5.15 Å². The topological polar surface area (TPSA) is 22.8 Å². The highest BCUT2D eigenvalue weighted by Crippen LogP contribution is 2.27. The standard InChI is InChI=1S/C14H13Cl2N3/c1-9-11(14(16)18(2)17-9)8-19-7-6-10-4-3-5-12(15)13(10)19/h3-7H,8H2,1-2H3. The molecule has 0 spiro atoms. The summed E-state index contributed by atoms with van der Waals surface area (Å²) in [5, 5.41) is 6.88. The van der Waals surface area contributed by atoms with E-state index >= 15 is 0 Å². The lowest BCUT2D eigenvalue weighted by atomic mass is 10.2. The maximum absolute atomic E-state index is 6.28. The maximum Gasteiger partial charge on any atom is 0.131 e. The summed E-state index contributed by atoms with van der Waals surface area (Å²) in [5.74, 6) is 0.